The first-order valence-electron chi connectivity index (χ1n) is 11.1. The van der Waals surface area contributed by atoms with E-state index in [2.05, 4.69) is 65.9 Å². The minimum atomic E-state index is -2.10. The van der Waals surface area contributed by atoms with Gasteiger partial charge in [0.1, 0.15) is 17.2 Å². The van der Waals surface area contributed by atoms with Crippen molar-refractivity contribution in [1.82, 2.24) is 0 Å². The normalized spacial score (nSPS) is 13.7. The van der Waals surface area contributed by atoms with E-state index in [1.807, 2.05) is 12.1 Å². The Kier molecular flexibility index (Phi) is 5.12. The lowest BCUT2D eigenvalue weighted by Gasteiger charge is -2.38. The van der Waals surface area contributed by atoms with Crippen LogP contribution in [0.4, 0.5) is 0 Å². The number of phenolic OH excluding ortho intramolecular Hbond substituents is 1. The van der Waals surface area contributed by atoms with Crippen LogP contribution in [-0.2, 0) is 12.8 Å². The molecule has 0 bridgehead atoms. The van der Waals surface area contributed by atoms with Gasteiger partial charge >= 0.3 is 0 Å². The molecule has 0 amide bonds. The highest BCUT2D eigenvalue weighted by Crippen LogP contribution is 2.53. The van der Waals surface area contributed by atoms with Gasteiger partial charge < -0.3 is 14.3 Å². The molecule has 0 atom stereocenters. The van der Waals surface area contributed by atoms with Crippen molar-refractivity contribution in [2.45, 2.75) is 65.6 Å². The minimum absolute atomic E-state index is 0.0775. The van der Waals surface area contributed by atoms with Crippen molar-refractivity contribution in [1.29, 1.82) is 0 Å². The van der Waals surface area contributed by atoms with E-state index in [0.29, 0.717) is 5.75 Å². The Hall–Kier alpha value is -2.46. The second-order valence-corrected chi connectivity index (χ2v) is 15.1. The van der Waals surface area contributed by atoms with E-state index >= 15 is 0 Å². The first-order valence-corrected chi connectivity index (χ1v) is 14.0. The molecule has 1 aliphatic rings. The summed E-state index contributed by atoms with van der Waals surface area (Å²) < 4.78 is 12.8. The Morgan fingerprint density at radius 2 is 1.71 bits per heavy atom. The van der Waals surface area contributed by atoms with Gasteiger partial charge in [-0.1, -0.05) is 45.0 Å². The van der Waals surface area contributed by atoms with Gasteiger partial charge in [0, 0.05) is 27.5 Å². The Labute approximate surface area is 187 Å². The molecule has 0 spiro atoms. The van der Waals surface area contributed by atoms with Crippen LogP contribution in [0, 0.1) is 13.8 Å². The molecule has 31 heavy (non-hydrogen) atoms. The van der Waals surface area contributed by atoms with Crippen LogP contribution in [0.15, 0.2) is 30.3 Å². The Morgan fingerprint density at radius 1 is 1.00 bits per heavy atom. The van der Waals surface area contributed by atoms with E-state index < -0.39 is 8.32 Å². The van der Waals surface area contributed by atoms with Crippen LogP contribution in [0.2, 0.25) is 18.1 Å². The summed E-state index contributed by atoms with van der Waals surface area (Å²) in [6.07, 6.45) is 1.75. The van der Waals surface area contributed by atoms with Crippen molar-refractivity contribution >= 4 is 19.1 Å². The maximum Gasteiger partial charge on any atom is 0.250 e. The fraction of sp³-hybridized carbons (Fsp3) is 0.407. The van der Waals surface area contributed by atoms with Crippen molar-refractivity contribution < 1.29 is 14.3 Å². The predicted octanol–water partition coefficient (Wildman–Crippen LogP) is 7.32. The summed E-state index contributed by atoms with van der Waals surface area (Å²) in [5.74, 6) is 2.11. The second kappa shape index (κ2) is 7.30. The lowest BCUT2D eigenvalue weighted by atomic mass is 9.81. The summed E-state index contributed by atoms with van der Waals surface area (Å²) in [4.78, 5) is 0. The van der Waals surface area contributed by atoms with Crippen LogP contribution in [0.1, 0.15) is 43.0 Å². The molecule has 0 aromatic heterocycles. The van der Waals surface area contributed by atoms with Gasteiger partial charge in [0.25, 0.3) is 8.32 Å². The fourth-order valence-electron chi connectivity index (χ4n) is 4.46. The standard InChI is InChI=1S/C27H34O3Si/c1-16-14-18-12-13-20-24(23(18)21(15-16)29-6)25(28)19-11-9-10-17(2)22(19)26(20)30-31(7,8)27(3,4)5/h9-11,14-15,28H,12-13H2,1-8H3. The zero-order chi connectivity index (χ0) is 22.7. The molecule has 0 saturated carbocycles. The third-order valence-electron chi connectivity index (χ3n) is 7.17. The fourth-order valence-corrected chi connectivity index (χ4v) is 5.51. The number of ether oxygens (including phenoxy) is 1. The average molecular weight is 435 g/mol. The van der Waals surface area contributed by atoms with Crippen LogP contribution in [0.5, 0.6) is 17.2 Å². The molecule has 3 aromatic rings. The van der Waals surface area contributed by atoms with Gasteiger partial charge in [-0.3, -0.25) is 0 Å². The molecular formula is C27H34O3Si. The number of rotatable bonds is 3. The minimum Gasteiger partial charge on any atom is -0.543 e. The molecule has 3 nitrogen and oxygen atoms in total. The number of aromatic hydroxyl groups is 1. The lowest BCUT2D eigenvalue weighted by Crippen LogP contribution is -2.44. The Bertz CT molecular complexity index is 1170. The quantitative estimate of drug-likeness (QED) is 0.439. The third kappa shape index (κ3) is 3.41. The van der Waals surface area contributed by atoms with Crippen molar-refractivity contribution in [3.05, 3.63) is 52.6 Å². The van der Waals surface area contributed by atoms with E-state index in [-0.39, 0.29) is 5.04 Å². The van der Waals surface area contributed by atoms with Crippen molar-refractivity contribution in [2.75, 3.05) is 7.11 Å². The lowest BCUT2D eigenvalue weighted by molar-refractivity contribution is 0.414. The average Bonchev–Trinajstić information content (AvgIpc) is 2.68. The Morgan fingerprint density at radius 3 is 2.35 bits per heavy atom. The Balaban J connectivity index is 2.12. The summed E-state index contributed by atoms with van der Waals surface area (Å²) in [6.45, 7) is 15.6. The van der Waals surface area contributed by atoms with E-state index in [4.69, 9.17) is 9.16 Å². The molecule has 0 fully saturated rings. The second-order valence-electron chi connectivity index (χ2n) is 10.4. The molecule has 0 aliphatic heterocycles. The highest BCUT2D eigenvalue weighted by molar-refractivity contribution is 6.74. The molecular weight excluding hydrogens is 400 g/mol. The predicted molar refractivity (Wildman–Crippen MR) is 132 cm³/mol. The van der Waals surface area contributed by atoms with Crippen molar-refractivity contribution in [3.8, 4) is 28.4 Å². The topological polar surface area (TPSA) is 38.7 Å². The molecule has 0 heterocycles. The SMILES string of the molecule is COc1cc(C)cc2c1-c1c(c(O[Si](C)(C)C(C)(C)C)c3c(C)cccc3c1O)CC2. The zero-order valence-electron chi connectivity index (χ0n) is 20.1. The first kappa shape index (κ1) is 21.8. The summed E-state index contributed by atoms with van der Waals surface area (Å²) >= 11 is 0. The van der Waals surface area contributed by atoms with Crippen molar-refractivity contribution in [2.24, 2.45) is 0 Å². The monoisotopic (exact) mass is 434 g/mol. The van der Waals surface area contributed by atoms with Gasteiger partial charge in [-0.25, -0.2) is 0 Å². The molecule has 4 heteroatoms. The maximum absolute atomic E-state index is 11.5. The number of fused-ring (bicyclic) bond motifs is 4. The van der Waals surface area contributed by atoms with Crippen LogP contribution < -0.4 is 9.16 Å². The molecule has 1 aliphatic carbocycles. The first-order chi connectivity index (χ1) is 14.5. The van der Waals surface area contributed by atoms with Crippen LogP contribution in [0.25, 0.3) is 21.9 Å². The molecule has 3 aromatic carbocycles. The molecule has 0 saturated heterocycles. The van der Waals surface area contributed by atoms with Crippen molar-refractivity contribution in [3.63, 3.8) is 0 Å². The van der Waals surface area contributed by atoms with Crippen LogP contribution in [-0.4, -0.2) is 20.5 Å². The van der Waals surface area contributed by atoms with Gasteiger partial charge in [-0.2, -0.15) is 0 Å². The van der Waals surface area contributed by atoms with E-state index in [1.165, 1.54) is 11.1 Å². The molecule has 0 radical (unpaired) electrons. The van der Waals surface area contributed by atoms with Gasteiger partial charge in [0.2, 0.25) is 0 Å². The third-order valence-corrected chi connectivity index (χ3v) is 11.5. The summed E-state index contributed by atoms with van der Waals surface area (Å²) in [5, 5.41) is 13.5. The smallest absolute Gasteiger partial charge is 0.250 e. The number of hydrogen-bond donors (Lipinski definition) is 1. The van der Waals surface area contributed by atoms with Crippen LogP contribution in [0.3, 0.4) is 0 Å². The zero-order valence-corrected chi connectivity index (χ0v) is 21.1. The molecule has 164 valence electrons. The van der Waals surface area contributed by atoms with Gasteiger partial charge in [0.15, 0.2) is 0 Å². The molecule has 0 unspecified atom stereocenters. The number of aryl methyl sites for hydroxylation is 3. The number of phenols is 1. The summed E-state index contributed by atoms with van der Waals surface area (Å²) in [6, 6.07) is 10.4. The van der Waals surface area contributed by atoms with E-state index in [1.54, 1.807) is 7.11 Å². The largest absolute Gasteiger partial charge is 0.543 e. The molecule has 4 rings (SSSR count). The molecule has 1 N–H and O–H groups in total. The highest BCUT2D eigenvalue weighted by atomic mass is 28.4. The van der Waals surface area contributed by atoms with Gasteiger partial charge in [-0.05, 0) is 67.6 Å². The maximum atomic E-state index is 11.5. The van der Waals surface area contributed by atoms with Gasteiger partial charge in [-0.15, -0.1) is 0 Å². The van der Waals surface area contributed by atoms with E-state index in [9.17, 15) is 5.11 Å². The van der Waals surface area contributed by atoms with E-state index in [0.717, 1.165) is 57.4 Å². The van der Waals surface area contributed by atoms with Crippen LogP contribution >= 0.6 is 0 Å². The highest BCUT2D eigenvalue weighted by Gasteiger charge is 2.41. The number of benzene rings is 3. The van der Waals surface area contributed by atoms with Gasteiger partial charge in [0.05, 0.1) is 7.11 Å². The summed E-state index contributed by atoms with van der Waals surface area (Å²) in [7, 11) is -0.391. The number of methoxy groups -OCH3 is 1. The number of hydrogen-bond acceptors (Lipinski definition) is 3. The summed E-state index contributed by atoms with van der Waals surface area (Å²) in [5.41, 5.74) is 6.53.